The highest BCUT2D eigenvalue weighted by Gasteiger charge is 2.24. The highest BCUT2D eigenvalue weighted by atomic mass is 16.4. The smallest absolute Gasteiger partial charge is 0.144 e. The van der Waals surface area contributed by atoms with Gasteiger partial charge in [0.05, 0.1) is 0 Å². The van der Waals surface area contributed by atoms with Crippen LogP contribution in [0.3, 0.4) is 0 Å². The molecule has 0 saturated carbocycles. The summed E-state index contributed by atoms with van der Waals surface area (Å²) in [7, 11) is 0. The molecule has 0 aliphatic rings. The summed E-state index contributed by atoms with van der Waals surface area (Å²) in [5.41, 5.74) is 5.40. The first kappa shape index (κ1) is 14.2. The van der Waals surface area contributed by atoms with Crippen molar-refractivity contribution in [3.05, 3.63) is 0 Å². The Labute approximate surface area is 93.1 Å². The molecule has 0 radical (unpaired) electrons. The predicted octanol–water partition coefficient (Wildman–Crippen LogP) is 1.88. The first-order valence-electron chi connectivity index (χ1n) is 5.57. The molecule has 0 atom stereocenters. The van der Waals surface area contributed by atoms with E-state index in [2.05, 4.69) is 30.8 Å². The summed E-state index contributed by atoms with van der Waals surface area (Å²) in [6.07, 6.45) is 0.898. The van der Waals surface area contributed by atoms with E-state index in [1.807, 2.05) is 13.8 Å². The van der Waals surface area contributed by atoms with Crippen LogP contribution in [0.2, 0.25) is 0 Å². The van der Waals surface area contributed by atoms with Crippen molar-refractivity contribution in [2.24, 2.45) is 16.3 Å². The van der Waals surface area contributed by atoms with E-state index >= 15 is 0 Å². The van der Waals surface area contributed by atoms with Gasteiger partial charge in [0, 0.05) is 11.5 Å². The second-order valence-corrected chi connectivity index (χ2v) is 4.84. The van der Waals surface area contributed by atoms with Crippen molar-refractivity contribution in [3.8, 4) is 0 Å². The van der Waals surface area contributed by atoms with Crippen molar-refractivity contribution in [3.63, 3.8) is 0 Å². The average molecular weight is 215 g/mol. The van der Waals surface area contributed by atoms with E-state index in [1.54, 1.807) is 0 Å². The first-order valence-corrected chi connectivity index (χ1v) is 5.57. The molecule has 0 aromatic heterocycles. The lowest BCUT2D eigenvalue weighted by atomic mass is 9.88. The van der Waals surface area contributed by atoms with Crippen LogP contribution in [-0.4, -0.2) is 35.1 Å². The van der Waals surface area contributed by atoms with Gasteiger partial charge in [0.15, 0.2) is 0 Å². The molecule has 0 amide bonds. The number of oxime groups is 1. The Balaban J connectivity index is 4.24. The highest BCUT2D eigenvalue weighted by Crippen LogP contribution is 2.21. The molecule has 4 nitrogen and oxygen atoms in total. The molecule has 0 aromatic rings. The van der Waals surface area contributed by atoms with Crippen LogP contribution in [-0.2, 0) is 0 Å². The van der Waals surface area contributed by atoms with Crippen LogP contribution < -0.4 is 5.73 Å². The van der Waals surface area contributed by atoms with Crippen LogP contribution in [0, 0.1) is 5.41 Å². The maximum atomic E-state index is 8.65. The Hall–Kier alpha value is -0.770. The first-order chi connectivity index (χ1) is 6.85. The van der Waals surface area contributed by atoms with Gasteiger partial charge in [0.1, 0.15) is 5.84 Å². The van der Waals surface area contributed by atoms with Gasteiger partial charge >= 0.3 is 0 Å². The van der Waals surface area contributed by atoms with E-state index in [0.29, 0.717) is 11.9 Å². The van der Waals surface area contributed by atoms with Crippen molar-refractivity contribution >= 4 is 5.84 Å². The zero-order valence-corrected chi connectivity index (χ0v) is 10.6. The lowest BCUT2D eigenvalue weighted by Gasteiger charge is -2.30. The molecule has 0 fully saturated rings. The quantitative estimate of drug-likeness (QED) is 0.308. The van der Waals surface area contributed by atoms with Crippen LogP contribution in [0.15, 0.2) is 5.16 Å². The molecule has 15 heavy (non-hydrogen) atoms. The van der Waals surface area contributed by atoms with E-state index in [-0.39, 0.29) is 5.41 Å². The Morgan fingerprint density at radius 1 is 1.47 bits per heavy atom. The minimum atomic E-state index is -0.239. The van der Waals surface area contributed by atoms with E-state index in [1.165, 1.54) is 0 Å². The van der Waals surface area contributed by atoms with Crippen molar-refractivity contribution in [1.82, 2.24) is 4.90 Å². The molecule has 0 aliphatic heterocycles. The SMILES string of the molecule is CCN(CCC(C)(C)C(N)=NO)C(C)C. The Bertz CT molecular complexity index is 212. The molecule has 0 aliphatic carbocycles. The topological polar surface area (TPSA) is 61.8 Å². The van der Waals surface area contributed by atoms with Crippen molar-refractivity contribution in [2.45, 2.75) is 47.1 Å². The van der Waals surface area contributed by atoms with E-state index in [0.717, 1.165) is 19.5 Å². The van der Waals surface area contributed by atoms with Crippen LogP contribution in [0.4, 0.5) is 0 Å². The minimum Gasteiger partial charge on any atom is -0.409 e. The van der Waals surface area contributed by atoms with Gasteiger partial charge in [0.2, 0.25) is 0 Å². The number of hydrogen-bond acceptors (Lipinski definition) is 3. The summed E-state index contributed by atoms with van der Waals surface area (Å²) in [5, 5.41) is 11.7. The monoisotopic (exact) mass is 215 g/mol. The summed E-state index contributed by atoms with van der Waals surface area (Å²) in [6, 6.07) is 0.540. The van der Waals surface area contributed by atoms with Gasteiger partial charge in [-0.25, -0.2) is 0 Å². The van der Waals surface area contributed by atoms with Gasteiger partial charge in [-0.3, -0.25) is 0 Å². The molecule has 0 saturated heterocycles. The Kier molecular flexibility index (Phi) is 5.65. The largest absolute Gasteiger partial charge is 0.409 e. The molecule has 0 unspecified atom stereocenters. The summed E-state index contributed by atoms with van der Waals surface area (Å²) in [5.74, 6) is 0.308. The van der Waals surface area contributed by atoms with Gasteiger partial charge < -0.3 is 15.8 Å². The maximum Gasteiger partial charge on any atom is 0.144 e. The predicted molar refractivity (Wildman–Crippen MR) is 64.2 cm³/mol. The molecular weight excluding hydrogens is 190 g/mol. The zero-order chi connectivity index (χ0) is 12.1. The van der Waals surface area contributed by atoms with Gasteiger partial charge in [-0.1, -0.05) is 25.9 Å². The summed E-state index contributed by atoms with van der Waals surface area (Å²) in [6.45, 7) is 12.5. The van der Waals surface area contributed by atoms with E-state index in [9.17, 15) is 0 Å². The Morgan fingerprint density at radius 3 is 2.33 bits per heavy atom. The third-order valence-corrected chi connectivity index (χ3v) is 2.96. The van der Waals surface area contributed by atoms with E-state index in [4.69, 9.17) is 10.9 Å². The molecule has 0 aromatic carbocycles. The standard InChI is InChI=1S/C11H25N3O/c1-6-14(9(2)3)8-7-11(4,5)10(12)13-15/h9,15H,6-8H2,1-5H3,(H2,12,13). The zero-order valence-electron chi connectivity index (χ0n) is 10.6. The fraction of sp³-hybridized carbons (Fsp3) is 0.909. The third kappa shape index (κ3) is 4.51. The van der Waals surface area contributed by atoms with Crippen LogP contribution in [0.25, 0.3) is 0 Å². The molecule has 90 valence electrons. The normalized spacial score (nSPS) is 13.9. The number of nitrogens with two attached hydrogens (primary N) is 1. The maximum absolute atomic E-state index is 8.65. The molecule has 4 heteroatoms. The summed E-state index contributed by atoms with van der Waals surface area (Å²) in [4.78, 5) is 2.37. The van der Waals surface area contributed by atoms with Crippen LogP contribution >= 0.6 is 0 Å². The fourth-order valence-corrected chi connectivity index (χ4v) is 1.47. The summed E-state index contributed by atoms with van der Waals surface area (Å²) >= 11 is 0. The molecule has 0 heterocycles. The fourth-order valence-electron chi connectivity index (χ4n) is 1.47. The second-order valence-electron chi connectivity index (χ2n) is 4.84. The number of amidine groups is 1. The number of rotatable bonds is 6. The third-order valence-electron chi connectivity index (χ3n) is 2.96. The highest BCUT2D eigenvalue weighted by molar-refractivity contribution is 5.85. The number of hydrogen-bond donors (Lipinski definition) is 2. The van der Waals surface area contributed by atoms with Gasteiger partial charge in [-0.05, 0) is 33.4 Å². The minimum absolute atomic E-state index is 0.239. The van der Waals surface area contributed by atoms with Gasteiger partial charge in [0.25, 0.3) is 0 Å². The van der Waals surface area contributed by atoms with Crippen molar-refractivity contribution < 1.29 is 5.21 Å². The van der Waals surface area contributed by atoms with Crippen LogP contribution in [0.1, 0.15) is 41.0 Å². The lowest BCUT2D eigenvalue weighted by molar-refractivity contribution is 0.209. The molecule has 0 spiro atoms. The van der Waals surface area contributed by atoms with Crippen molar-refractivity contribution in [1.29, 1.82) is 0 Å². The summed E-state index contributed by atoms with van der Waals surface area (Å²) < 4.78 is 0. The van der Waals surface area contributed by atoms with Gasteiger partial charge in [-0.15, -0.1) is 0 Å². The molecule has 0 rings (SSSR count). The van der Waals surface area contributed by atoms with Crippen molar-refractivity contribution in [2.75, 3.05) is 13.1 Å². The number of nitrogens with zero attached hydrogens (tertiary/aromatic N) is 2. The lowest BCUT2D eigenvalue weighted by Crippen LogP contribution is -2.38. The molecule has 0 bridgehead atoms. The van der Waals surface area contributed by atoms with E-state index < -0.39 is 0 Å². The molecular formula is C11H25N3O. The molecule has 3 N–H and O–H groups in total. The second kappa shape index (κ2) is 5.95. The van der Waals surface area contributed by atoms with Crippen LogP contribution in [0.5, 0.6) is 0 Å². The Morgan fingerprint density at radius 2 is 2.00 bits per heavy atom. The average Bonchev–Trinajstić information content (AvgIpc) is 2.16. The van der Waals surface area contributed by atoms with Gasteiger partial charge in [-0.2, -0.15) is 0 Å².